The summed E-state index contributed by atoms with van der Waals surface area (Å²) in [7, 11) is 1.97. The lowest BCUT2D eigenvalue weighted by Gasteiger charge is -2.15. The maximum Gasteiger partial charge on any atom is 0.0537 e. The zero-order valence-electron chi connectivity index (χ0n) is 11.0. The van der Waals surface area contributed by atoms with E-state index in [9.17, 15) is 0 Å². The molecule has 1 N–H and O–H groups in total. The molecule has 1 heterocycles. The maximum absolute atomic E-state index is 4.22. The van der Waals surface area contributed by atoms with Crippen LogP contribution in [0.2, 0.25) is 0 Å². The zero-order chi connectivity index (χ0) is 12.0. The van der Waals surface area contributed by atoms with Gasteiger partial charge in [0.25, 0.3) is 0 Å². The van der Waals surface area contributed by atoms with Crippen molar-refractivity contribution in [1.82, 2.24) is 15.1 Å². The van der Waals surface area contributed by atoms with Crippen molar-refractivity contribution in [3.63, 3.8) is 0 Å². The molecule has 0 aromatic carbocycles. The molecule has 1 unspecified atom stereocenters. The van der Waals surface area contributed by atoms with E-state index in [1.54, 1.807) is 0 Å². The number of aromatic nitrogens is 2. The van der Waals surface area contributed by atoms with Crippen LogP contribution in [-0.4, -0.2) is 16.3 Å². The molecule has 0 spiro atoms. The van der Waals surface area contributed by atoms with Crippen molar-refractivity contribution < 1.29 is 0 Å². The average molecular weight is 223 g/mol. The second kappa shape index (κ2) is 6.69. The SMILES string of the molecule is CCC(NCCCC(C)C)c1cnn(C)c1. The quantitative estimate of drug-likeness (QED) is 0.720. The van der Waals surface area contributed by atoms with Gasteiger partial charge in [-0.05, 0) is 31.7 Å². The van der Waals surface area contributed by atoms with Gasteiger partial charge in [-0.25, -0.2) is 0 Å². The third-order valence-corrected chi connectivity index (χ3v) is 2.88. The highest BCUT2D eigenvalue weighted by atomic mass is 15.2. The second-order valence-electron chi connectivity index (χ2n) is 4.90. The summed E-state index contributed by atoms with van der Waals surface area (Å²) in [5.41, 5.74) is 1.30. The Labute approximate surface area is 99.2 Å². The van der Waals surface area contributed by atoms with E-state index < -0.39 is 0 Å². The van der Waals surface area contributed by atoms with E-state index in [0.29, 0.717) is 6.04 Å². The lowest BCUT2D eigenvalue weighted by Crippen LogP contribution is -2.21. The molecular weight excluding hydrogens is 198 g/mol. The van der Waals surface area contributed by atoms with Crippen LogP contribution in [0.4, 0.5) is 0 Å². The fourth-order valence-electron chi connectivity index (χ4n) is 1.90. The van der Waals surface area contributed by atoms with Crippen LogP contribution >= 0.6 is 0 Å². The first-order chi connectivity index (χ1) is 7.63. The van der Waals surface area contributed by atoms with Crippen LogP contribution in [0.1, 0.15) is 51.6 Å². The maximum atomic E-state index is 4.22. The number of hydrogen-bond acceptors (Lipinski definition) is 2. The summed E-state index contributed by atoms with van der Waals surface area (Å²) in [6.07, 6.45) is 7.74. The minimum atomic E-state index is 0.459. The largest absolute Gasteiger partial charge is 0.310 e. The van der Waals surface area contributed by atoms with Gasteiger partial charge in [0.15, 0.2) is 0 Å². The highest BCUT2D eigenvalue weighted by molar-refractivity contribution is 5.09. The summed E-state index contributed by atoms with van der Waals surface area (Å²) in [5.74, 6) is 0.806. The highest BCUT2D eigenvalue weighted by Crippen LogP contribution is 2.15. The minimum Gasteiger partial charge on any atom is -0.310 e. The van der Waals surface area contributed by atoms with Crippen molar-refractivity contribution in [3.8, 4) is 0 Å². The van der Waals surface area contributed by atoms with Crippen LogP contribution in [-0.2, 0) is 7.05 Å². The van der Waals surface area contributed by atoms with E-state index in [0.717, 1.165) is 18.9 Å². The molecule has 0 amide bonds. The van der Waals surface area contributed by atoms with Crippen LogP contribution in [0.15, 0.2) is 12.4 Å². The van der Waals surface area contributed by atoms with Gasteiger partial charge in [0.2, 0.25) is 0 Å². The highest BCUT2D eigenvalue weighted by Gasteiger charge is 2.09. The molecule has 1 rings (SSSR count). The van der Waals surface area contributed by atoms with Gasteiger partial charge in [-0.15, -0.1) is 0 Å². The first-order valence-corrected chi connectivity index (χ1v) is 6.35. The molecule has 0 aliphatic heterocycles. The van der Waals surface area contributed by atoms with Gasteiger partial charge in [0, 0.05) is 24.8 Å². The first kappa shape index (κ1) is 13.2. The Hall–Kier alpha value is -0.830. The lowest BCUT2D eigenvalue weighted by molar-refractivity contribution is 0.473. The molecule has 0 radical (unpaired) electrons. The Kier molecular flexibility index (Phi) is 5.53. The molecule has 0 aliphatic rings. The van der Waals surface area contributed by atoms with E-state index in [1.807, 2.05) is 17.9 Å². The van der Waals surface area contributed by atoms with Gasteiger partial charge in [-0.3, -0.25) is 4.68 Å². The summed E-state index contributed by atoms with van der Waals surface area (Å²) in [5, 5.41) is 7.82. The van der Waals surface area contributed by atoms with Gasteiger partial charge in [0.05, 0.1) is 6.20 Å². The molecule has 0 saturated heterocycles. The van der Waals surface area contributed by atoms with Gasteiger partial charge < -0.3 is 5.32 Å². The Morgan fingerprint density at radius 1 is 1.44 bits per heavy atom. The molecule has 1 aromatic heterocycles. The van der Waals surface area contributed by atoms with E-state index in [4.69, 9.17) is 0 Å². The lowest BCUT2D eigenvalue weighted by atomic mass is 10.1. The Morgan fingerprint density at radius 3 is 2.69 bits per heavy atom. The van der Waals surface area contributed by atoms with Crippen molar-refractivity contribution in [2.24, 2.45) is 13.0 Å². The number of rotatable bonds is 7. The smallest absolute Gasteiger partial charge is 0.0537 e. The zero-order valence-corrected chi connectivity index (χ0v) is 11.0. The monoisotopic (exact) mass is 223 g/mol. The Balaban J connectivity index is 2.32. The standard InChI is InChI=1S/C13H25N3/c1-5-13(12-9-15-16(4)10-12)14-8-6-7-11(2)3/h9-11,13-14H,5-8H2,1-4H3. The molecule has 3 nitrogen and oxygen atoms in total. The number of nitrogens with zero attached hydrogens (tertiary/aromatic N) is 2. The van der Waals surface area contributed by atoms with Crippen molar-refractivity contribution >= 4 is 0 Å². The summed E-state index contributed by atoms with van der Waals surface area (Å²) in [4.78, 5) is 0. The fourth-order valence-corrected chi connectivity index (χ4v) is 1.90. The van der Waals surface area contributed by atoms with E-state index >= 15 is 0 Å². The molecule has 16 heavy (non-hydrogen) atoms. The van der Waals surface area contributed by atoms with Gasteiger partial charge in [-0.2, -0.15) is 5.10 Å². The molecule has 1 aromatic rings. The average Bonchev–Trinajstić information content (AvgIpc) is 2.64. The van der Waals surface area contributed by atoms with Crippen LogP contribution < -0.4 is 5.32 Å². The molecule has 0 aliphatic carbocycles. The first-order valence-electron chi connectivity index (χ1n) is 6.35. The van der Waals surface area contributed by atoms with Crippen molar-refractivity contribution in [2.45, 2.75) is 46.1 Å². The second-order valence-corrected chi connectivity index (χ2v) is 4.90. The number of hydrogen-bond donors (Lipinski definition) is 1. The topological polar surface area (TPSA) is 29.9 Å². The van der Waals surface area contributed by atoms with Crippen molar-refractivity contribution in [1.29, 1.82) is 0 Å². The predicted octanol–water partition coefficient (Wildman–Crippen LogP) is 2.90. The van der Waals surface area contributed by atoms with E-state index in [-0.39, 0.29) is 0 Å². The van der Waals surface area contributed by atoms with E-state index in [1.165, 1.54) is 18.4 Å². The summed E-state index contributed by atoms with van der Waals surface area (Å²) < 4.78 is 1.87. The summed E-state index contributed by atoms with van der Waals surface area (Å²) in [6.45, 7) is 7.87. The Morgan fingerprint density at radius 2 is 2.19 bits per heavy atom. The predicted molar refractivity (Wildman–Crippen MR) is 68.3 cm³/mol. The molecule has 0 bridgehead atoms. The minimum absolute atomic E-state index is 0.459. The number of nitrogens with one attached hydrogen (secondary N) is 1. The van der Waals surface area contributed by atoms with Crippen molar-refractivity contribution in [3.05, 3.63) is 18.0 Å². The van der Waals surface area contributed by atoms with Gasteiger partial charge in [0.1, 0.15) is 0 Å². The molecule has 1 atom stereocenters. The van der Waals surface area contributed by atoms with E-state index in [2.05, 4.69) is 37.4 Å². The summed E-state index contributed by atoms with van der Waals surface area (Å²) >= 11 is 0. The third kappa shape index (κ3) is 4.35. The number of aryl methyl sites for hydroxylation is 1. The van der Waals surface area contributed by atoms with Gasteiger partial charge >= 0.3 is 0 Å². The molecule has 0 saturated carbocycles. The van der Waals surface area contributed by atoms with Gasteiger partial charge in [-0.1, -0.05) is 20.8 Å². The summed E-state index contributed by atoms with van der Waals surface area (Å²) in [6, 6.07) is 0.459. The molecular formula is C13H25N3. The van der Waals surface area contributed by atoms with Crippen LogP contribution in [0.3, 0.4) is 0 Å². The molecule has 0 fully saturated rings. The normalized spacial score (nSPS) is 13.3. The third-order valence-electron chi connectivity index (χ3n) is 2.88. The molecule has 92 valence electrons. The van der Waals surface area contributed by atoms with Crippen LogP contribution in [0, 0.1) is 5.92 Å². The molecule has 3 heteroatoms. The van der Waals surface area contributed by atoms with Crippen molar-refractivity contribution in [2.75, 3.05) is 6.54 Å². The van der Waals surface area contributed by atoms with Crippen LogP contribution in [0.5, 0.6) is 0 Å². The van der Waals surface area contributed by atoms with Crippen LogP contribution in [0.25, 0.3) is 0 Å². The Bertz CT molecular complexity index is 291. The fraction of sp³-hybridized carbons (Fsp3) is 0.769.